The van der Waals surface area contributed by atoms with Gasteiger partial charge in [0.15, 0.2) is 0 Å². The van der Waals surface area contributed by atoms with E-state index in [1.807, 2.05) is 4.90 Å². The first-order valence-corrected chi connectivity index (χ1v) is 7.88. The number of anilines is 1. The van der Waals surface area contributed by atoms with Gasteiger partial charge >= 0.3 is 6.03 Å². The molecule has 1 N–H and O–H groups in total. The maximum absolute atomic E-state index is 12.4. The summed E-state index contributed by atoms with van der Waals surface area (Å²) in [6.45, 7) is 1.76. The van der Waals surface area contributed by atoms with Gasteiger partial charge in [-0.05, 0) is 55.7 Å². The second kappa shape index (κ2) is 5.82. The Morgan fingerprint density at radius 1 is 1.05 bits per heavy atom. The van der Waals surface area contributed by atoms with Crippen LogP contribution in [-0.2, 0) is 0 Å². The summed E-state index contributed by atoms with van der Waals surface area (Å²) in [6.07, 6.45) is 5.06. The first-order valence-electron chi connectivity index (χ1n) is 7.13. The summed E-state index contributed by atoms with van der Waals surface area (Å²) in [4.78, 5) is 14.3. The Morgan fingerprint density at radius 2 is 1.65 bits per heavy atom. The second-order valence-corrected chi connectivity index (χ2v) is 6.67. The maximum atomic E-state index is 12.4. The van der Waals surface area contributed by atoms with E-state index < -0.39 is 0 Å². The third kappa shape index (κ3) is 3.04. The van der Waals surface area contributed by atoms with Gasteiger partial charge in [0.2, 0.25) is 0 Å². The fourth-order valence-corrected chi connectivity index (χ4v) is 3.53. The van der Waals surface area contributed by atoms with E-state index in [1.165, 1.54) is 25.7 Å². The van der Waals surface area contributed by atoms with Crippen LogP contribution in [0.2, 0.25) is 10.0 Å². The minimum atomic E-state index is -0.0258. The normalized spacial score (nSPS) is 25.4. The van der Waals surface area contributed by atoms with E-state index in [9.17, 15) is 4.79 Å². The van der Waals surface area contributed by atoms with Gasteiger partial charge in [-0.3, -0.25) is 0 Å². The molecule has 3 fully saturated rings. The van der Waals surface area contributed by atoms with Crippen molar-refractivity contribution < 1.29 is 4.79 Å². The lowest BCUT2D eigenvalue weighted by Crippen LogP contribution is -2.38. The highest BCUT2D eigenvalue weighted by Crippen LogP contribution is 2.34. The number of fused-ring (bicyclic) bond motifs is 4. The number of carbonyl (C=O) groups excluding carboxylic acids is 1. The molecule has 0 aromatic heterocycles. The Morgan fingerprint density at radius 3 is 2.20 bits per heavy atom. The summed E-state index contributed by atoms with van der Waals surface area (Å²) >= 11 is 11.8. The zero-order valence-electron chi connectivity index (χ0n) is 11.2. The molecule has 2 aliphatic heterocycles. The first-order chi connectivity index (χ1) is 9.61. The van der Waals surface area contributed by atoms with Crippen LogP contribution in [0.25, 0.3) is 0 Å². The van der Waals surface area contributed by atoms with E-state index in [-0.39, 0.29) is 6.03 Å². The molecule has 2 heterocycles. The number of rotatable bonds is 1. The van der Waals surface area contributed by atoms with Crippen LogP contribution in [0, 0.1) is 11.8 Å². The van der Waals surface area contributed by atoms with Crippen molar-refractivity contribution >= 4 is 34.9 Å². The van der Waals surface area contributed by atoms with Gasteiger partial charge in [-0.2, -0.15) is 0 Å². The number of amides is 2. The molecule has 2 amide bonds. The molecule has 3 aliphatic rings. The zero-order valence-corrected chi connectivity index (χ0v) is 12.8. The molecule has 4 rings (SSSR count). The minimum Gasteiger partial charge on any atom is -0.324 e. The Balaban J connectivity index is 1.68. The minimum absolute atomic E-state index is 0.0258. The lowest BCUT2D eigenvalue weighted by Gasteiger charge is -2.23. The molecule has 2 bridgehead atoms. The summed E-state index contributed by atoms with van der Waals surface area (Å²) in [5.41, 5.74) is 0.695. The van der Waals surface area contributed by atoms with Gasteiger partial charge in [0, 0.05) is 18.8 Å². The number of carbonyl (C=O) groups is 1. The molecule has 1 aromatic carbocycles. The number of halogens is 2. The number of hydrogen-bond donors (Lipinski definition) is 1. The van der Waals surface area contributed by atoms with E-state index in [1.54, 1.807) is 18.2 Å². The molecule has 0 atom stereocenters. The van der Waals surface area contributed by atoms with Crippen molar-refractivity contribution in [2.24, 2.45) is 11.8 Å². The third-order valence-electron chi connectivity index (χ3n) is 4.38. The van der Waals surface area contributed by atoms with Gasteiger partial charge in [0.25, 0.3) is 0 Å². The van der Waals surface area contributed by atoms with Crippen LogP contribution in [-0.4, -0.2) is 24.0 Å². The molecule has 108 valence electrons. The second-order valence-electron chi connectivity index (χ2n) is 5.85. The Hall–Kier alpha value is -0.930. The van der Waals surface area contributed by atoms with Crippen LogP contribution < -0.4 is 5.32 Å². The molecule has 5 heteroatoms. The summed E-state index contributed by atoms with van der Waals surface area (Å²) in [5.74, 6) is 1.35. The van der Waals surface area contributed by atoms with Crippen molar-refractivity contribution in [2.75, 3.05) is 18.4 Å². The van der Waals surface area contributed by atoms with Crippen molar-refractivity contribution in [1.82, 2.24) is 4.90 Å². The number of nitrogens with one attached hydrogen (secondary N) is 1. The smallest absolute Gasteiger partial charge is 0.321 e. The predicted molar refractivity (Wildman–Crippen MR) is 82.5 cm³/mol. The van der Waals surface area contributed by atoms with Crippen molar-refractivity contribution in [3.8, 4) is 0 Å². The van der Waals surface area contributed by atoms with Crippen LogP contribution >= 0.6 is 23.2 Å². The molecule has 20 heavy (non-hydrogen) atoms. The van der Waals surface area contributed by atoms with Gasteiger partial charge in [-0.25, -0.2) is 4.79 Å². The van der Waals surface area contributed by atoms with Gasteiger partial charge in [-0.15, -0.1) is 0 Å². The maximum Gasteiger partial charge on any atom is 0.321 e. The number of benzene rings is 1. The number of urea groups is 1. The quantitative estimate of drug-likeness (QED) is 0.804. The molecule has 1 aliphatic carbocycles. The molecule has 2 saturated heterocycles. The van der Waals surface area contributed by atoms with Gasteiger partial charge < -0.3 is 10.2 Å². The zero-order chi connectivity index (χ0) is 14.1. The largest absolute Gasteiger partial charge is 0.324 e. The topological polar surface area (TPSA) is 32.3 Å². The van der Waals surface area contributed by atoms with E-state index in [2.05, 4.69) is 5.32 Å². The van der Waals surface area contributed by atoms with Crippen LogP contribution in [0.1, 0.15) is 25.7 Å². The predicted octanol–water partition coefficient (Wildman–Crippen LogP) is 4.65. The molecule has 3 nitrogen and oxygen atoms in total. The van der Waals surface area contributed by atoms with Gasteiger partial charge in [0.05, 0.1) is 10.0 Å². The monoisotopic (exact) mass is 312 g/mol. The first kappa shape index (κ1) is 14.0. The van der Waals surface area contributed by atoms with E-state index in [0.717, 1.165) is 13.1 Å². The summed E-state index contributed by atoms with van der Waals surface area (Å²) in [7, 11) is 0. The molecule has 0 unspecified atom stereocenters. The summed E-state index contributed by atoms with van der Waals surface area (Å²) in [6, 6.07) is 5.14. The van der Waals surface area contributed by atoms with Crippen molar-refractivity contribution in [3.05, 3.63) is 28.2 Å². The van der Waals surface area contributed by atoms with Crippen molar-refractivity contribution in [3.63, 3.8) is 0 Å². The molecule has 1 saturated carbocycles. The summed E-state index contributed by atoms with van der Waals surface area (Å²) < 4.78 is 0. The fraction of sp³-hybridized carbons (Fsp3) is 0.533. The van der Waals surface area contributed by atoms with Gasteiger partial charge in [-0.1, -0.05) is 23.2 Å². The number of hydrogen-bond acceptors (Lipinski definition) is 1. The summed E-state index contributed by atoms with van der Waals surface area (Å²) in [5, 5.41) is 3.88. The average Bonchev–Trinajstić information content (AvgIpc) is 2.76. The van der Waals surface area contributed by atoms with Crippen LogP contribution in [0.3, 0.4) is 0 Å². The molecule has 0 radical (unpaired) electrons. The highest BCUT2D eigenvalue weighted by Gasteiger charge is 2.31. The lowest BCUT2D eigenvalue weighted by molar-refractivity contribution is 0.206. The van der Waals surface area contributed by atoms with Gasteiger partial charge in [0.1, 0.15) is 0 Å². The fourth-order valence-electron chi connectivity index (χ4n) is 3.24. The molecular formula is C15H18Cl2N2O. The highest BCUT2D eigenvalue weighted by atomic mass is 35.5. The van der Waals surface area contributed by atoms with Crippen LogP contribution in [0.5, 0.6) is 0 Å². The van der Waals surface area contributed by atoms with Crippen molar-refractivity contribution in [2.45, 2.75) is 25.7 Å². The van der Waals surface area contributed by atoms with Crippen LogP contribution in [0.4, 0.5) is 10.5 Å². The van der Waals surface area contributed by atoms with E-state index >= 15 is 0 Å². The average molecular weight is 313 g/mol. The van der Waals surface area contributed by atoms with Crippen molar-refractivity contribution in [1.29, 1.82) is 0 Å². The van der Waals surface area contributed by atoms with Crippen LogP contribution in [0.15, 0.2) is 18.2 Å². The SMILES string of the molecule is O=C(Nc1ccc(Cl)c(Cl)c1)N1CC2CCC(CC2)C1. The lowest BCUT2D eigenvalue weighted by atomic mass is 9.84. The Labute approximate surface area is 129 Å². The molecular weight excluding hydrogens is 295 g/mol. The standard InChI is InChI=1S/C15H18Cl2N2O/c16-13-6-5-12(7-14(13)17)18-15(20)19-8-10-1-2-11(9-19)4-3-10/h5-7,10-11H,1-4,8-9H2,(H,18,20). The van der Waals surface area contributed by atoms with E-state index in [0.29, 0.717) is 27.6 Å². The Bertz CT molecular complexity index is 499. The van der Waals surface area contributed by atoms with E-state index in [4.69, 9.17) is 23.2 Å². The number of nitrogens with zero attached hydrogens (tertiary/aromatic N) is 1. The highest BCUT2D eigenvalue weighted by molar-refractivity contribution is 6.42. The molecule has 0 spiro atoms. The third-order valence-corrected chi connectivity index (χ3v) is 5.12. The Kier molecular flexibility index (Phi) is 4.08. The molecule has 1 aromatic rings.